The molecule has 0 saturated heterocycles. The van der Waals surface area contributed by atoms with E-state index in [9.17, 15) is 0 Å². The van der Waals surface area contributed by atoms with Crippen molar-refractivity contribution in [3.63, 3.8) is 0 Å². The summed E-state index contributed by atoms with van der Waals surface area (Å²) in [6.07, 6.45) is 0. The predicted octanol–water partition coefficient (Wildman–Crippen LogP) is -0.0700. The van der Waals surface area contributed by atoms with E-state index in [1.807, 2.05) is 0 Å². The Hall–Kier alpha value is 2.18. The van der Waals surface area contributed by atoms with Gasteiger partial charge in [-0.3, -0.25) is 0 Å². The first-order valence-corrected chi connectivity index (χ1v) is 0. The zero-order valence-electron chi connectivity index (χ0n) is 3.21. The summed E-state index contributed by atoms with van der Waals surface area (Å²) in [7, 11) is 0. The van der Waals surface area contributed by atoms with E-state index in [1.54, 1.807) is 0 Å². The summed E-state index contributed by atoms with van der Waals surface area (Å²) in [4.78, 5) is 0. The molecule has 0 spiro atoms. The zero-order valence-corrected chi connectivity index (χ0v) is 5.08. The topological polar surface area (TPSA) is 0 Å². The van der Waals surface area contributed by atoms with Gasteiger partial charge in [0, 0.05) is 26.2 Å². The maximum Gasteiger partial charge on any atom is 2.00 e. The maximum absolute atomic E-state index is 0. The van der Waals surface area contributed by atoms with Crippen molar-refractivity contribution < 1.29 is 29.1 Å². The van der Waals surface area contributed by atoms with E-state index >= 15 is 0 Å². The third kappa shape index (κ3) is 22.7. The normalized spacial score (nSPS) is 0. The Balaban J connectivity index is 0. The molecule has 0 heterocycles. The molecule has 0 saturated carbocycles. The predicted molar refractivity (Wildman–Crippen MR) is 31.4 cm³/mol. The molecule has 0 N–H and O–H groups in total. The third-order valence-electron chi connectivity index (χ3n) is 0. The fraction of sp³-hybridized carbons (Fsp3) is 1.00. The van der Waals surface area contributed by atoms with Crippen molar-refractivity contribution in [3.05, 3.63) is 0 Å². The van der Waals surface area contributed by atoms with Gasteiger partial charge >= 0.3 is 23.1 Å². The second-order valence-electron chi connectivity index (χ2n) is 0. The molecular weight excluding hydrogens is 167 g/mol. The Labute approximate surface area is 83.5 Å². The van der Waals surface area contributed by atoms with E-state index in [0.29, 0.717) is 0 Å². The first-order valence-electron chi connectivity index (χ1n) is 0. The van der Waals surface area contributed by atoms with Gasteiger partial charge in [0.2, 0.25) is 0 Å². The second-order valence-corrected chi connectivity index (χ2v) is 0. The van der Waals surface area contributed by atoms with Gasteiger partial charge in [0.1, 0.15) is 0 Å². The minimum absolute atomic E-state index is 0. The molecule has 3 heteroatoms. The monoisotopic (exact) mass is 178 g/mol. The van der Waals surface area contributed by atoms with Gasteiger partial charge < -0.3 is 2.85 Å². The van der Waals surface area contributed by atoms with E-state index in [-0.39, 0.29) is 84.3 Å². The molecule has 0 aliphatic heterocycles. The van der Waals surface area contributed by atoms with Gasteiger partial charge in [-0.25, -0.2) is 0 Å². The Morgan fingerprint density at radius 2 is 1.00 bits per heavy atom. The van der Waals surface area contributed by atoms with E-state index in [0.717, 1.165) is 0 Å². The quantitative estimate of drug-likeness (QED) is 0.457. The van der Waals surface area contributed by atoms with Gasteiger partial charge in [-0.1, -0.05) is 14.9 Å². The first kappa shape index (κ1) is 57.7. The fourth-order valence-electron chi connectivity index (χ4n) is 0. The summed E-state index contributed by atoms with van der Waals surface area (Å²) in [6, 6.07) is 0. The van der Waals surface area contributed by atoms with Crippen LogP contribution < -0.4 is 0 Å². The SMILES string of the molecule is C.C.[AlH3].[H-].[H-].[Mg+2].[Zr]. The molecule has 0 amide bonds. The van der Waals surface area contributed by atoms with Crippen molar-refractivity contribution in [2.24, 2.45) is 0 Å². The van der Waals surface area contributed by atoms with E-state index in [1.165, 1.54) is 0 Å². The molecule has 0 aromatic carbocycles. The molecular formula is C2H13AlMgZr. The molecule has 0 aliphatic rings. The molecule has 0 unspecified atom stereocenters. The van der Waals surface area contributed by atoms with E-state index in [2.05, 4.69) is 0 Å². The van der Waals surface area contributed by atoms with Crippen molar-refractivity contribution in [2.45, 2.75) is 14.9 Å². The minimum atomic E-state index is 0. The van der Waals surface area contributed by atoms with Crippen LogP contribution in [0.3, 0.4) is 0 Å². The molecule has 0 fully saturated rings. The first-order chi connectivity index (χ1) is 0. The van der Waals surface area contributed by atoms with E-state index in [4.69, 9.17) is 0 Å². The van der Waals surface area contributed by atoms with Crippen LogP contribution in [0.5, 0.6) is 0 Å². The maximum atomic E-state index is 0. The Morgan fingerprint density at radius 3 is 1.00 bits per heavy atom. The molecule has 0 aliphatic carbocycles. The van der Waals surface area contributed by atoms with Crippen molar-refractivity contribution in [1.82, 2.24) is 0 Å². The molecule has 30 valence electrons. The molecule has 0 aromatic rings. The summed E-state index contributed by atoms with van der Waals surface area (Å²) < 4.78 is 0. The van der Waals surface area contributed by atoms with Crippen LogP contribution >= 0.6 is 0 Å². The number of rotatable bonds is 0. The van der Waals surface area contributed by atoms with Crippen molar-refractivity contribution in [3.8, 4) is 0 Å². The average Bonchev–Trinajstić information content (AvgIpc) is 0. The molecule has 0 bridgehead atoms. The number of hydrogen-bond donors (Lipinski definition) is 0. The van der Waals surface area contributed by atoms with Gasteiger partial charge in [-0.2, -0.15) is 0 Å². The molecule has 5 heavy (non-hydrogen) atoms. The smallest absolute Gasteiger partial charge is 1.00 e. The van der Waals surface area contributed by atoms with Gasteiger partial charge in [-0.05, 0) is 0 Å². The van der Waals surface area contributed by atoms with Crippen molar-refractivity contribution in [1.29, 1.82) is 0 Å². The third-order valence-corrected chi connectivity index (χ3v) is 0. The summed E-state index contributed by atoms with van der Waals surface area (Å²) in [6.45, 7) is 0. The zero-order chi connectivity index (χ0) is 0. The van der Waals surface area contributed by atoms with Crippen LogP contribution in [0.4, 0.5) is 0 Å². The Kier molecular flexibility index (Phi) is 402. The fourth-order valence-corrected chi connectivity index (χ4v) is 0. The van der Waals surface area contributed by atoms with Crippen LogP contribution in [0.1, 0.15) is 17.7 Å². The van der Waals surface area contributed by atoms with Crippen LogP contribution in [0.2, 0.25) is 0 Å². The minimum Gasteiger partial charge on any atom is -1.00 e. The average molecular weight is 180 g/mol. The molecule has 0 atom stereocenters. The standard InChI is InChI=1S/2CH4.Al.Mg.Zr.5H/h2*1H4;;;;;;;;/q;;;+2;;;;;2*-1. The molecule has 0 nitrogen and oxygen atoms in total. The van der Waals surface area contributed by atoms with Gasteiger partial charge in [-0.15, -0.1) is 0 Å². The van der Waals surface area contributed by atoms with Gasteiger partial charge in [0.25, 0.3) is 0 Å². The van der Waals surface area contributed by atoms with Crippen molar-refractivity contribution in [2.75, 3.05) is 0 Å². The van der Waals surface area contributed by atoms with Crippen LogP contribution in [0.25, 0.3) is 0 Å². The largest absolute Gasteiger partial charge is 2.00 e. The van der Waals surface area contributed by atoms with Crippen molar-refractivity contribution >= 4 is 40.4 Å². The van der Waals surface area contributed by atoms with Crippen LogP contribution in [-0.2, 0) is 26.2 Å². The van der Waals surface area contributed by atoms with Gasteiger partial charge in [0.05, 0.1) is 0 Å². The van der Waals surface area contributed by atoms with Crippen LogP contribution in [0.15, 0.2) is 0 Å². The summed E-state index contributed by atoms with van der Waals surface area (Å²) in [5.41, 5.74) is 0. The molecule has 0 radical (unpaired) electrons. The summed E-state index contributed by atoms with van der Waals surface area (Å²) in [5.74, 6) is 0. The summed E-state index contributed by atoms with van der Waals surface area (Å²) in [5, 5.41) is 0. The summed E-state index contributed by atoms with van der Waals surface area (Å²) >= 11 is 0. The molecule has 0 aromatic heterocycles. The van der Waals surface area contributed by atoms with Crippen LogP contribution in [-0.4, -0.2) is 40.4 Å². The second kappa shape index (κ2) is 34.9. The molecule has 0 rings (SSSR count). The Bertz CT molecular complexity index is 15.7. The Morgan fingerprint density at radius 1 is 1.00 bits per heavy atom. The number of hydrogen-bond acceptors (Lipinski definition) is 0. The van der Waals surface area contributed by atoms with E-state index < -0.39 is 0 Å². The van der Waals surface area contributed by atoms with Crippen LogP contribution in [0, 0.1) is 0 Å². The van der Waals surface area contributed by atoms with Gasteiger partial charge in [0.15, 0.2) is 17.4 Å².